The summed E-state index contributed by atoms with van der Waals surface area (Å²) in [5.74, 6) is 0.966. The maximum atomic E-state index is 13.1. The van der Waals surface area contributed by atoms with Gasteiger partial charge in [-0.1, -0.05) is 6.92 Å². The van der Waals surface area contributed by atoms with E-state index in [9.17, 15) is 13.2 Å². The fourth-order valence-electron chi connectivity index (χ4n) is 2.58. The summed E-state index contributed by atoms with van der Waals surface area (Å²) in [4.78, 5) is 11.8. The normalized spacial score (nSPS) is 14.3. The molecule has 1 aromatic carbocycles. The molecule has 1 amide bonds. The first-order valence-electron chi connectivity index (χ1n) is 7.96. The predicted molar refractivity (Wildman–Crippen MR) is 89.1 cm³/mol. The number of hydrogen-bond donors (Lipinski definition) is 1. The molecule has 1 aromatic heterocycles. The second-order valence-corrected chi connectivity index (χ2v) is 7.75. The van der Waals surface area contributed by atoms with Crippen LogP contribution in [0.4, 0.5) is 0 Å². The van der Waals surface area contributed by atoms with Gasteiger partial charge in [0.2, 0.25) is 12.7 Å². The van der Waals surface area contributed by atoms with E-state index in [1.807, 2.05) is 6.92 Å². The van der Waals surface area contributed by atoms with Gasteiger partial charge in [0.05, 0.1) is 11.2 Å². The molecular formula is C17H19NO6S. The molecule has 0 bridgehead atoms. The van der Waals surface area contributed by atoms with Crippen molar-refractivity contribution in [3.63, 3.8) is 0 Å². The summed E-state index contributed by atoms with van der Waals surface area (Å²) < 4.78 is 42.0. The molecule has 134 valence electrons. The van der Waals surface area contributed by atoms with Crippen LogP contribution in [0.5, 0.6) is 11.5 Å². The summed E-state index contributed by atoms with van der Waals surface area (Å²) in [5, 5.41) is 1.64. The van der Waals surface area contributed by atoms with E-state index >= 15 is 0 Å². The van der Waals surface area contributed by atoms with Crippen molar-refractivity contribution >= 4 is 15.7 Å². The summed E-state index contributed by atoms with van der Waals surface area (Å²) in [7, 11) is -3.80. The smallest absolute Gasteiger partial charge is 0.231 e. The molecule has 7 nitrogen and oxygen atoms in total. The molecule has 25 heavy (non-hydrogen) atoms. The van der Waals surface area contributed by atoms with Crippen molar-refractivity contribution in [2.24, 2.45) is 0 Å². The third-order valence-corrected chi connectivity index (χ3v) is 5.93. The Labute approximate surface area is 145 Å². The Morgan fingerprint density at radius 2 is 2.04 bits per heavy atom. The zero-order chi connectivity index (χ0) is 17.9. The molecule has 2 aromatic rings. The van der Waals surface area contributed by atoms with Crippen molar-refractivity contribution in [1.29, 1.82) is 0 Å². The predicted octanol–water partition coefficient (Wildman–Crippen LogP) is 2.44. The number of nitrogens with one attached hydrogen (secondary N) is 1. The molecule has 0 saturated carbocycles. The molecular weight excluding hydrogens is 346 g/mol. The molecule has 8 heteroatoms. The van der Waals surface area contributed by atoms with Gasteiger partial charge in [0, 0.05) is 19.0 Å². The van der Waals surface area contributed by atoms with Crippen molar-refractivity contribution in [2.75, 3.05) is 13.3 Å². The summed E-state index contributed by atoms with van der Waals surface area (Å²) in [5.41, 5.74) is 0. The van der Waals surface area contributed by atoms with Crippen LogP contribution >= 0.6 is 0 Å². The molecule has 0 spiro atoms. The van der Waals surface area contributed by atoms with E-state index in [1.54, 1.807) is 18.2 Å². The van der Waals surface area contributed by atoms with Gasteiger partial charge in [0.15, 0.2) is 21.3 Å². The Morgan fingerprint density at radius 3 is 2.76 bits per heavy atom. The average molecular weight is 365 g/mol. The van der Waals surface area contributed by atoms with Crippen molar-refractivity contribution in [1.82, 2.24) is 5.32 Å². The van der Waals surface area contributed by atoms with Gasteiger partial charge >= 0.3 is 0 Å². The van der Waals surface area contributed by atoms with Crippen LogP contribution in [0.15, 0.2) is 45.9 Å². The quantitative estimate of drug-likeness (QED) is 0.810. The molecule has 0 saturated heterocycles. The van der Waals surface area contributed by atoms with E-state index in [1.165, 1.54) is 18.4 Å². The van der Waals surface area contributed by atoms with E-state index in [2.05, 4.69) is 5.32 Å². The summed E-state index contributed by atoms with van der Waals surface area (Å²) in [6, 6.07) is 7.66. The van der Waals surface area contributed by atoms with Crippen LogP contribution < -0.4 is 14.8 Å². The Balaban J connectivity index is 1.90. The van der Waals surface area contributed by atoms with Crippen molar-refractivity contribution < 1.29 is 27.1 Å². The number of amides is 1. The van der Waals surface area contributed by atoms with Crippen LogP contribution in [0.2, 0.25) is 0 Å². The van der Waals surface area contributed by atoms with E-state index in [0.29, 0.717) is 24.3 Å². The van der Waals surface area contributed by atoms with Gasteiger partial charge in [-0.05, 0) is 30.7 Å². The Bertz CT molecular complexity index is 844. The largest absolute Gasteiger partial charge is 0.468 e. The summed E-state index contributed by atoms with van der Waals surface area (Å²) in [6.45, 7) is 1.88. The number of carbonyl (C=O) groups excluding carboxylic acids is 1. The highest BCUT2D eigenvalue weighted by molar-refractivity contribution is 7.91. The number of furan rings is 1. The highest BCUT2D eigenvalue weighted by Crippen LogP contribution is 2.37. The van der Waals surface area contributed by atoms with Gasteiger partial charge in [0.1, 0.15) is 11.0 Å². The van der Waals surface area contributed by atoms with E-state index < -0.39 is 15.1 Å². The highest BCUT2D eigenvalue weighted by Gasteiger charge is 2.33. The number of fused-ring (bicyclic) bond motifs is 1. The molecule has 0 unspecified atom stereocenters. The average Bonchev–Trinajstić information content (AvgIpc) is 3.26. The minimum Gasteiger partial charge on any atom is -0.468 e. The summed E-state index contributed by atoms with van der Waals surface area (Å²) >= 11 is 0. The first-order chi connectivity index (χ1) is 12.0. The fourth-order valence-corrected chi connectivity index (χ4v) is 4.18. The minimum atomic E-state index is -3.80. The Kier molecular flexibility index (Phi) is 4.98. The lowest BCUT2D eigenvalue weighted by atomic mass is 10.3. The standard InChI is InChI=1S/C17H19NO6S/c1-2-4-17(19)18-10-16(14-5-3-8-22-14)25(20,21)12-6-7-13-15(9-12)24-11-23-13/h3,5-9,16H,2,4,10-11H2,1H3,(H,18,19)/t16-/m1/s1. The van der Waals surface area contributed by atoms with E-state index in [4.69, 9.17) is 13.9 Å². The number of ether oxygens (including phenoxy) is 2. The van der Waals surface area contributed by atoms with Gasteiger partial charge in [-0.25, -0.2) is 8.42 Å². The maximum Gasteiger partial charge on any atom is 0.231 e. The maximum absolute atomic E-state index is 13.1. The first-order valence-corrected chi connectivity index (χ1v) is 9.50. The van der Waals surface area contributed by atoms with Crippen molar-refractivity contribution in [3.8, 4) is 11.5 Å². The fraction of sp³-hybridized carbons (Fsp3) is 0.353. The lowest BCUT2D eigenvalue weighted by Gasteiger charge is -2.17. The van der Waals surface area contributed by atoms with Crippen LogP contribution in [0.3, 0.4) is 0 Å². The van der Waals surface area contributed by atoms with Gasteiger partial charge in [-0.15, -0.1) is 0 Å². The molecule has 3 rings (SSSR count). The van der Waals surface area contributed by atoms with Crippen molar-refractivity contribution in [3.05, 3.63) is 42.4 Å². The van der Waals surface area contributed by atoms with Crippen LogP contribution in [-0.4, -0.2) is 27.7 Å². The molecule has 1 aliphatic rings. The van der Waals surface area contributed by atoms with Gasteiger partial charge in [0.25, 0.3) is 0 Å². The van der Waals surface area contributed by atoms with E-state index in [0.717, 1.165) is 0 Å². The number of hydrogen-bond acceptors (Lipinski definition) is 6. The zero-order valence-corrected chi connectivity index (χ0v) is 14.5. The lowest BCUT2D eigenvalue weighted by molar-refractivity contribution is -0.121. The monoisotopic (exact) mass is 365 g/mol. The topological polar surface area (TPSA) is 94.8 Å². The van der Waals surface area contributed by atoms with Crippen LogP contribution in [0, 0.1) is 0 Å². The Hall–Kier alpha value is -2.48. The van der Waals surface area contributed by atoms with Gasteiger partial charge in [-0.3, -0.25) is 4.79 Å². The highest BCUT2D eigenvalue weighted by atomic mass is 32.2. The van der Waals surface area contributed by atoms with Gasteiger partial charge < -0.3 is 19.2 Å². The van der Waals surface area contributed by atoms with Crippen LogP contribution in [0.1, 0.15) is 30.8 Å². The Morgan fingerprint density at radius 1 is 1.24 bits per heavy atom. The molecule has 1 N–H and O–H groups in total. The molecule has 1 aliphatic heterocycles. The third kappa shape index (κ3) is 3.63. The number of rotatable bonds is 7. The number of carbonyl (C=O) groups is 1. The third-order valence-electron chi connectivity index (χ3n) is 3.87. The second kappa shape index (κ2) is 7.18. The van der Waals surface area contributed by atoms with Crippen LogP contribution in [0.25, 0.3) is 0 Å². The van der Waals surface area contributed by atoms with Gasteiger partial charge in [-0.2, -0.15) is 0 Å². The number of benzene rings is 1. The van der Waals surface area contributed by atoms with E-state index in [-0.39, 0.29) is 29.9 Å². The van der Waals surface area contributed by atoms with Crippen LogP contribution in [-0.2, 0) is 14.6 Å². The molecule has 0 radical (unpaired) electrons. The SMILES string of the molecule is CCCC(=O)NC[C@H](c1ccco1)S(=O)(=O)c1ccc2c(c1)OCO2. The molecule has 0 fully saturated rings. The minimum absolute atomic E-state index is 0.0630. The lowest BCUT2D eigenvalue weighted by Crippen LogP contribution is -2.31. The molecule has 2 heterocycles. The molecule has 1 atom stereocenters. The first kappa shape index (κ1) is 17.3. The number of sulfone groups is 1. The zero-order valence-electron chi connectivity index (χ0n) is 13.7. The second-order valence-electron chi connectivity index (χ2n) is 5.62. The molecule has 0 aliphatic carbocycles. The van der Waals surface area contributed by atoms with Crippen molar-refractivity contribution in [2.45, 2.75) is 29.9 Å². The summed E-state index contributed by atoms with van der Waals surface area (Å²) in [6.07, 6.45) is 2.44.